The molecule has 0 aliphatic carbocycles. The van der Waals surface area contributed by atoms with E-state index in [1.165, 1.54) is 0 Å². The SMILES string of the molecule is CCC(C)N=CNc1ccc(Cl)cc1C. The molecule has 0 amide bonds. The van der Waals surface area contributed by atoms with Crippen molar-refractivity contribution in [2.75, 3.05) is 5.32 Å². The molecule has 3 heteroatoms. The van der Waals surface area contributed by atoms with Crippen LogP contribution in [0, 0.1) is 6.92 Å². The highest BCUT2D eigenvalue weighted by atomic mass is 35.5. The Kier molecular flexibility index (Phi) is 4.63. The fourth-order valence-electron chi connectivity index (χ4n) is 1.13. The fourth-order valence-corrected chi connectivity index (χ4v) is 1.36. The van der Waals surface area contributed by atoms with Gasteiger partial charge in [-0.15, -0.1) is 0 Å². The molecule has 0 spiro atoms. The van der Waals surface area contributed by atoms with Gasteiger partial charge in [0.15, 0.2) is 0 Å². The Morgan fingerprint density at radius 2 is 2.27 bits per heavy atom. The molecule has 82 valence electrons. The van der Waals surface area contributed by atoms with E-state index in [1.54, 1.807) is 6.34 Å². The van der Waals surface area contributed by atoms with E-state index in [-0.39, 0.29) is 0 Å². The number of hydrogen-bond acceptors (Lipinski definition) is 1. The van der Waals surface area contributed by atoms with Crippen molar-refractivity contribution in [1.82, 2.24) is 0 Å². The molecule has 1 atom stereocenters. The van der Waals surface area contributed by atoms with Crippen LogP contribution in [0.1, 0.15) is 25.8 Å². The summed E-state index contributed by atoms with van der Waals surface area (Å²) in [5, 5.41) is 3.92. The van der Waals surface area contributed by atoms with E-state index in [0.717, 1.165) is 22.7 Å². The lowest BCUT2D eigenvalue weighted by atomic mass is 10.2. The topological polar surface area (TPSA) is 24.4 Å². The molecule has 0 fully saturated rings. The third kappa shape index (κ3) is 3.92. The van der Waals surface area contributed by atoms with Crippen molar-refractivity contribution in [2.24, 2.45) is 4.99 Å². The molecule has 1 rings (SSSR count). The van der Waals surface area contributed by atoms with Gasteiger partial charge in [0.2, 0.25) is 0 Å². The zero-order valence-electron chi connectivity index (χ0n) is 9.42. The Hall–Kier alpha value is -1.02. The number of aryl methyl sites for hydroxylation is 1. The van der Waals surface area contributed by atoms with Gasteiger partial charge in [-0.2, -0.15) is 0 Å². The van der Waals surface area contributed by atoms with Gasteiger partial charge in [0, 0.05) is 16.8 Å². The first kappa shape index (κ1) is 12.1. The van der Waals surface area contributed by atoms with Crippen LogP contribution in [0.5, 0.6) is 0 Å². The standard InChI is InChI=1S/C12H17ClN2/c1-4-10(3)14-8-15-12-6-5-11(13)7-9(12)2/h5-8,10H,4H2,1-3H3,(H,14,15). The fraction of sp³-hybridized carbons (Fsp3) is 0.417. The quantitative estimate of drug-likeness (QED) is 0.609. The molecule has 1 unspecified atom stereocenters. The average Bonchev–Trinajstić information content (AvgIpc) is 2.21. The van der Waals surface area contributed by atoms with Crippen molar-refractivity contribution in [3.8, 4) is 0 Å². The molecule has 0 aliphatic rings. The summed E-state index contributed by atoms with van der Waals surface area (Å²) in [5.41, 5.74) is 2.17. The minimum atomic E-state index is 0.366. The molecule has 0 heterocycles. The monoisotopic (exact) mass is 224 g/mol. The van der Waals surface area contributed by atoms with Crippen LogP contribution >= 0.6 is 11.6 Å². The maximum atomic E-state index is 5.86. The first-order valence-corrected chi connectivity index (χ1v) is 5.55. The van der Waals surface area contributed by atoms with Gasteiger partial charge in [0.1, 0.15) is 0 Å². The number of rotatable bonds is 4. The zero-order valence-corrected chi connectivity index (χ0v) is 10.2. The Bertz CT molecular complexity index is 347. The van der Waals surface area contributed by atoms with Gasteiger partial charge in [-0.1, -0.05) is 18.5 Å². The summed E-state index contributed by atoms with van der Waals surface area (Å²) in [6.07, 6.45) is 2.81. The molecule has 1 aromatic rings. The molecule has 0 aliphatic heterocycles. The molecule has 0 saturated carbocycles. The minimum Gasteiger partial charge on any atom is -0.347 e. The largest absolute Gasteiger partial charge is 0.347 e. The normalized spacial score (nSPS) is 13.1. The van der Waals surface area contributed by atoms with Gasteiger partial charge < -0.3 is 5.32 Å². The highest BCUT2D eigenvalue weighted by molar-refractivity contribution is 6.30. The van der Waals surface area contributed by atoms with E-state index in [9.17, 15) is 0 Å². The van der Waals surface area contributed by atoms with Gasteiger partial charge in [-0.05, 0) is 44.0 Å². The molecule has 15 heavy (non-hydrogen) atoms. The Morgan fingerprint density at radius 3 is 2.87 bits per heavy atom. The van der Waals surface area contributed by atoms with Crippen molar-refractivity contribution >= 4 is 23.6 Å². The van der Waals surface area contributed by atoms with Gasteiger partial charge >= 0.3 is 0 Å². The molecule has 1 N–H and O–H groups in total. The number of hydrogen-bond donors (Lipinski definition) is 1. The van der Waals surface area contributed by atoms with Gasteiger partial charge in [-0.25, -0.2) is 0 Å². The predicted octanol–water partition coefficient (Wildman–Crippen LogP) is 3.89. The lowest BCUT2D eigenvalue weighted by molar-refractivity contribution is 0.720. The van der Waals surface area contributed by atoms with Gasteiger partial charge in [0.05, 0.1) is 6.34 Å². The van der Waals surface area contributed by atoms with Crippen LogP contribution in [0.3, 0.4) is 0 Å². The second-order valence-electron chi connectivity index (χ2n) is 3.64. The summed E-state index contributed by atoms with van der Waals surface area (Å²) < 4.78 is 0. The van der Waals surface area contributed by atoms with Crippen molar-refractivity contribution in [3.63, 3.8) is 0 Å². The Balaban J connectivity index is 2.61. The number of anilines is 1. The van der Waals surface area contributed by atoms with E-state index >= 15 is 0 Å². The summed E-state index contributed by atoms with van der Waals surface area (Å²) in [5.74, 6) is 0. The van der Waals surface area contributed by atoms with E-state index in [0.29, 0.717) is 6.04 Å². The van der Waals surface area contributed by atoms with Crippen LogP contribution in [0.15, 0.2) is 23.2 Å². The molecule has 0 bridgehead atoms. The lowest BCUT2D eigenvalue weighted by Gasteiger charge is -2.06. The number of halogens is 1. The molecule has 1 aromatic carbocycles. The van der Waals surface area contributed by atoms with E-state index < -0.39 is 0 Å². The highest BCUT2D eigenvalue weighted by Gasteiger charge is 1.97. The summed E-state index contributed by atoms with van der Waals surface area (Å²) in [6, 6.07) is 6.13. The summed E-state index contributed by atoms with van der Waals surface area (Å²) in [6.45, 7) is 6.23. The minimum absolute atomic E-state index is 0.366. The van der Waals surface area contributed by atoms with Crippen LogP contribution in [-0.4, -0.2) is 12.4 Å². The average molecular weight is 225 g/mol. The maximum Gasteiger partial charge on any atom is 0.0871 e. The lowest BCUT2D eigenvalue weighted by Crippen LogP contribution is -2.02. The van der Waals surface area contributed by atoms with E-state index in [2.05, 4.69) is 24.2 Å². The van der Waals surface area contributed by atoms with Crippen LogP contribution in [0.2, 0.25) is 5.02 Å². The summed E-state index contributed by atoms with van der Waals surface area (Å²) in [7, 11) is 0. The Morgan fingerprint density at radius 1 is 1.53 bits per heavy atom. The van der Waals surface area contributed by atoms with Crippen LogP contribution in [0.4, 0.5) is 5.69 Å². The molecule has 0 radical (unpaired) electrons. The number of nitrogens with one attached hydrogen (secondary N) is 1. The predicted molar refractivity (Wildman–Crippen MR) is 68.1 cm³/mol. The third-order valence-corrected chi connectivity index (χ3v) is 2.56. The third-order valence-electron chi connectivity index (χ3n) is 2.33. The van der Waals surface area contributed by atoms with Crippen LogP contribution in [-0.2, 0) is 0 Å². The van der Waals surface area contributed by atoms with E-state index in [4.69, 9.17) is 11.6 Å². The number of nitrogens with zero attached hydrogens (tertiary/aromatic N) is 1. The maximum absolute atomic E-state index is 5.86. The van der Waals surface area contributed by atoms with E-state index in [1.807, 2.05) is 25.1 Å². The Labute approximate surface area is 96.4 Å². The summed E-state index contributed by atoms with van der Waals surface area (Å²) >= 11 is 5.86. The number of benzene rings is 1. The molecule has 2 nitrogen and oxygen atoms in total. The zero-order chi connectivity index (χ0) is 11.3. The molecule has 0 saturated heterocycles. The number of aliphatic imine (C=N–C) groups is 1. The summed E-state index contributed by atoms with van der Waals surface area (Å²) in [4.78, 5) is 4.33. The van der Waals surface area contributed by atoms with Crippen molar-refractivity contribution in [3.05, 3.63) is 28.8 Å². The van der Waals surface area contributed by atoms with Crippen molar-refractivity contribution < 1.29 is 0 Å². The molecule has 0 aromatic heterocycles. The van der Waals surface area contributed by atoms with Gasteiger partial charge in [-0.3, -0.25) is 4.99 Å². The second kappa shape index (κ2) is 5.76. The molecular weight excluding hydrogens is 208 g/mol. The first-order chi connectivity index (χ1) is 7.13. The van der Waals surface area contributed by atoms with Crippen molar-refractivity contribution in [2.45, 2.75) is 33.2 Å². The van der Waals surface area contributed by atoms with Crippen LogP contribution in [0.25, 0.3) is 0 Å². The van der Waals surface area contributed by atoms with Crippen LogP contribution < -0.4 is 5.32 Å². The van der Waals surface area contributed by atoms with Crippen molar-refractivity contribution in [1.29, 1.82) is 0 Å². The smallest absolute Gasteiger partial charge is 0.0871 e. The molecular formula is C12H17ClN2. The van der Waals surface area contributed by atoms with Gasteiger partial charge in [0.25, 0.3) is 0 Å². The first-order valence-electron chi connectivity index (χ1n) is 5.17. The highest BCUT2D eigenvalue weighted by Crippen LogP contribution is 2.18. The second-order valence-corrected chi connectivity index (χ2v) is 4.08.